The number of nitrogens with zero attached hydrogens (tertiary/aromatic N) is 3. The third-order valence-corrected chi connectivity index (χ3v) is 5.38. The lowest BCUT2D eigenvalue weighted by molar-refractivity contribution is 0.102. The molecule has 3 N–H and O–H groups in total. The maximum Gasteiger partial charge on any atom is 0.258 e. The average Bonchev–Trinajstić information content (AvgIpc) is 3.13. The first-order chi connectivity index (χ1) is 16.1. The van der Waals surface area contributed by atoms with Crippen molar-refractivity contribution in [1.29, 1.82) is 0 Å². The van der Waals surface area contributed by atoms with Gasteiger partial charge in [-0.15, -0.1) is 0 Å². The number of fused-ring (bicyclic) bond motifs is 2. The van der Waals surface area contributed by atoms with Gasteiger partial charge in [0.1, 0.15) is 17.5 Å². The summed E-state index contributed by atoms with van der Waals surface area (Å²) in [6.07, 6.45) is 2.90. The first-order valence-electron chi connectivity index (χ1n) is 10.5. The minimum atomic E-state index is -0.561. The van der Waals surface area contributed by atoms with Crippen molar-refractivity contribution in [2.45, 2.75) is 26.0 Å². The Bertz CT molecular complexity index is 1340. The molecule has 1 aliphatic rings. The second-order valence-electron chi connectivity index (χ2n) is 7.70. The summed E-state index contributed by atoms with van der Waals surface area (Å²) in [5, 5.41) is 12.9. The number of amides is 1. The molecule has 0 unspecified atom stereocenters. The fraction of sp³-hybridized carbons (Fsp3) is 0.217. The van der Waals surface area contributed by atoms with Crippen LogP contribution in [0.2, 0.25) is 0 Å². The number of H-pyrrole nitrogens is 1. The quantitative estimate of drug-likeness (QED) is 0.425. The molecule has 4 aromatic rings. The van der Waals surface area contributed by atoms with E-state index >= 15 is 0 Å². The monoisotopic (exact) mass is 450 g/mol. The highest BCUT2D eigenvalue weighted by Gasteiger charge is 2.20. The molecule has 0 aliphatic carbocycles. The number of benzene rings is 2. The van der Waals surface area contributed by atoms with Crippen LogP contribution in [0.25, 0.3) is 10.9 Å². The van der Waals surface area contributed by atoms with E-state index in [9.17, 15) is 13.6 Å². The predicted octanol–water partition coefficient (Wildman–Crippen LogP) is 3.96. The molecule has 0 fully saturated rings. The van der Waals surface area contributed by atoms with Crippen LogP contribution in [0.3, 0.4) is 0 Å². The minimum absolute atomic E-state index is 0.0864. The Hall–Kier alpha value is -3.92. The number of carbonyl (C=O) groups is 1. The van der Waals surface area contributed by atoms with E-state index in [0.29, 0.717) is 42.9 Å². The molecule has 5 rings (SSSR count). The average molecular weight is 450 g/mol. The Labute approximate surface area is 187 Å². The summed E-state index contributed by atoms with van der Waals surface area (Å²) in [5.41, 5.74) is 2.83. The standard InChI is InChI=1S/C23H20F2N6O2/c24-14-4-1-3-13(7-14)10-26-21-18-12-33-6-2-5-19(18)28-23(29-21)30-22(32)16-8-15(25)9-20-17(16)11-27-31-20/h1,3-4,7-9,11H,2,5-6,10,12H2,(H,27,31)(H2,26,28,29,30,32). The van der Waals surface area contributed by atoms with Crippen molar-refractivity contribution in [2.75, 3.05) is 17.2 Å². The van der Waals surface area contributed by atoms with E-state index in [1.54, 1.807) is 12.1 Å². The van der Waals surface area contributed by atoms with Gasteiger partial charge in [0.05, 0.1) is 29.6 Å². The number of aromatic nitrogens is 4. The number of aryl methyl sites for hydroxylation is 1. The number of carbonyl (C=O) groups excluding carboxylic acids is 1. The van der Waals surface area contributed by atoms with Crippen LogP contribution in [0.4, 0.5) is 20.5 Å². The van der Waals surface area contributed by atoms with Crippen LogP contribution in [0.15, 0.2) is 42.6 Å². The number of hydrogen-bond acceptors (Lipinski definition) is 6. The summed E-state index contributed by atoms with van der Waals surface area (Å²) in [7, 11) is 0. The van der Waals surface area contributed by atoms with Crippen LogP contribution in [-0.2, 0) is 24.3 Å². The summed E-state index contributed by atoms with van der Waals surface area (Å²) in [4.78, 5) is 22.0. The lowest BCUT2D eigenvalue weighted by atomic mass is 10.1. The first-order valence-corrected chi connectivity index (χ1v) is 10.5. The van der Waals surface area contributed by atoms with Crippen molar-refractivity contribution in [2.24, 2.45) is 0 Å². The molecular weight excluding hydrogens is 430 g/mol. The van der Waals surface area contributed by atoms with Crippen molar-refractivity contribution in [1.82, 2.24) is 20.2 Å². The first kappa shape index (κ1) is 21.0. The molecule has 2 aromatic heterocycles. The summed E-state index contributed by atoms with van der Waals surface area (Å²) >= 11 is 0. The summed E-state index contributed by atoms with van der Waals surface area (Å²) < 4.78 is 33.2. The molecule has 0 bridgehead atoms. The molecule has 0 saturated heterocycles. The Morgan fingerprint density at radius 1 is 1.15 bits per heavy atom. The van der Waals surface area contributed by atoms with Crippen molar-refractivity contribution in [3.63, 3.8) is 0 Å². The van der Waals surface area contributed by atoms with Crippen molar-refractivity contribution < 1.29 is 18.3 Å². The largest absolute Gasteiger partial charge is 0.377 e. The molecule has 8 nitrogen and oxygen atoms in total. The van der Waals surface area contributed by atoms with E-state index < -0.39 is 11.7 Å². The Balaban J connectivity index is 1.45. The van der Waals surface area contributed by atoms with Crippen molar-refractivity contribution in [3.8, 4) is 0 Å². The van der Waals surface area contributed by atoms with Crippen LogP contribution >= 0.6 is 0 Å². The van der Waals surface area contributed by atoms with Gasteiger partial charge in [-0.1, -0.05) is 12.1 Å². The van der Waals surface area contributed by atoms with Gasteiger partial charge in [-0.3, -0.25) is 15.2 Å². The zero-order chi connectivity index (χ0) is 22.8. The Morgan fingerprint density at radius 2 is 2.06 bits per heavy atom. The molecule has 2 aromatic carbocycles. The van der Waals surface area contributed by atoms with Gasteiger partial charge in [0.2, 0.25) is 5.95 Å². The number of anilines is 2. The van der Waals surface area contributed by atoms with Gasteiger partial charge in [-0.2, -0.15) is 10.1 Å². The van der Waals surface area contributed by atoms with Crippen LogP contribution in [0.5, 0.6) is 0 Å². The predicted molar refractivity (Wildman–Crippen MR) is 118 cm³/mol. The minimum Gasteiger partial charge on any atom is -0.377 e. The number of rotatable bonds is 5. The van der Waals surface area contributed by atoms with E-state index in [2.05, 4.69) is 30.8 Å². The van der Waals surface area contributed by atoms with Gasteiger partial charge in [0, 0.05) is 24.1 Å². The lowest BCUT2D eigenvalue weighted by Crippen LogP contribution is -2.18. The molecule has 0 saturated carbocycles. The molecular formula is C23H20F2N6O2. The molecule has 0 atom stereocenters. The van der Waals surface area contributed by atoms with Gasteiger partial charge in [0.15, 0.2) is 0 Å². The van der Waals surface area contributed by atoms with E-state index in [-0.39, 0.29) is 17.3 Å². The smallest absolute Gasteiger partial charge is 0.258 e. The van der Waals surface area contributed by atoms with E-state index in [1.165, 1.54) is 24.4 Å². The summed E-state index contributed by atoms with van der Waals surface area (Å²) in [6, 6.07) is 8.67. The van der Waals surface area contributed by atoms with Crippen LogP contribution in [0.1, 0.15) is 33.6 Å². The summed E-state index contributed by atoms with van der Waals surface area (Å²) in [5.74, 6) is -0.860. The van der Waals surface area contributed by atoms with Gasteiger partial charge >= 0.3 is 0 Å². The maximum atomic E-state index is 14.0. The molecule has 0 radical (unpaired) electrons. The molecule has 33 heavy (non-hydrogen) atoms. The van der Waals surface area contributed by atoms with Gasteiger partial charge in [-0.25, -0.2) is 13.8 Å². The SMILES string of the molecule is O=C(Nc1nc2c(c(NCc3cccc(F)c3)n1)COCCC2)c1cc(F)cc2[nH]ncc12. The normalized spacial score (nSPS) is 13.4. The number of aromatic amines is 1. The van der Waals surface area contributed by atoms with Gasteiger partial charge in [-0.05, 0) is 42.7 Å². The summed E-state index contributed by atoms with van der Waals surface area (Å²) in [6.45, 7) is 1.24. The molecule has 168 valence electrons. The Kier molecular flexibility index (Phi) is 5.66. The van der Waals surface area contributed by atoms with Gasteiger partial charge < -0.3 is 10.1 Å². The third-order valence-electron chi connectivity index (χ3n) is 5.38. The van der Waals surface area contributed by atoms with E-state index in [4.69, 9.17) is 4.74 Å². The fourth-order valence-corrected chi connectivity index (χ4v) is 3.81. The highest BCUT2D eigenvalue weighted by atomic mass is 19.1. The maximum absolute atomic E-state index is 14.0. The number of ether oxygens (including phenoxy) is 1. The van der Waals surface area contributed by atoms with Gasteiger partial charge in [0.25, 0.3) is 5.91 Å². The van der Waals surface area contributed by atoms with E-state index in [1.807, 2.05) is 0 Å². The number of halogens is 2. The third kappa shape index (κ3) is 4.51. The molecule has 0 spiro atoms. The second-order valence-corrected chi connectivity index (χ2v) is 7.70. The van der Waals surface area contributed by atoms with E-state index in [0.717, 1.165) is 29.3 Å². The molecule has 10 heteroatoms. The Morgan fingerprint density at radius 3 is 2.94 bits per heavy atom. The zero-order valence-electron chi connectivity index (χ0n) is 17.5. The highest BCUT2D eigenvalue weighted by molar-refractivity contribution is 6.11. The van der Waals surface area contributed by atoms with Crippen LogP contribution in [-0.4, -0.2) is 32.7 Å². The highest BCUT2D eigenvalue weighted by Crippen LogP contribution is 2.25. The topological polar surface area (TPSA) is 105 Å². The van der Waals surface area contributed by atoms with Crippen molar-refractivity contribution in [3.05, 3.63) is 76.6 Å². The van der Waals surface area contributed by atoms with Crippen LogP contribution < -0.4 is 10.6 Å². The molecule has 1 aliphatic heterocycles. The molecule has 3 heterocycles. The number of nitrogens with one attached hydrogen (secondary N) is 3. The van der Waals surface area contributed by atoms with Crippen molar-refractivity contribution >= 4 is 28.6 Å². The van der Waals surface area contributed by atoms with Crippen LogP contribution in [0, 0.1) is 11.6 Å². The molecule has 1 amide bonds. The zero-order valence-corrected chi connectivity index (χ0v) is 17.5. The second kappa shape index (κ2) is 8.91. The lowest BCUT2D eigenvalue weighted by Gasteiger charge is -2.15. The number of hydrogen-bond donors (Lipinski definition) is 3. The fourth-order valence-electron chi connectivity index (χ4n) is 3.81.